The Hall–Kier alpha value is -2.55. The maximum atomic E-state index is 6.44. The molecule has 32 heavy (non-hydrogen) atoms. The Morgan fingerprint density at radius 1 is 1.31 bits per heavy atom. The highest BCUT2D eigenvalue weighted by atomic mass is 79.9. The molecule has 1 N–H and O–H groups in total. The molecular formula is C24H24BrN5O2. The first-order valence-corrected chi connectivity index (χ1v) is 11.5. The zero-order chi connectivity index (χ0) is 22.1. The average Bonchev–Trinajstić information content (AvgIpc) is 3.44. The van der Waals surface area contributed by atoms with E-state index in [9.17, 15) is 0 Å². The zero-order valence-electron chi connectivity index (χ0n) is 18.2. The molecule has 7 nitrogen and oxygen atoms in total. The second kappa shape index (κ2) is 6.97. The molecular weight excluding hydrogens is 470 g/mol. The quantitative estimate of drug-likeness (QED) is 0.454. The van der Waals surface area contributed by atoms with Crippen LogP contribution in [-0.2, 0) is 22.2 Å². The van der Waals surface area contributed by atoms with E-state index < -0.39 is 5.60 Å². The van der Waals surface area contributed by atoms with E-state index in [2.05, 4.69) is 74.3 Å². The maximum Gasteiger partial charge on any atom is 0.259 e. The number of halogens is 1. The topological polar surface area (TPSA) is 80.1 Å². The number of H-pyrrole nitrogens is 1. The number of nitrogens with zero attached hydrogens (tertiary/aromatic N) is 4. The van der Waals surface area contributed by atoms with Gasteiger partial charge in [-0.1, -0.05) is 24.2 Å². The van der Waals surface area contributed by atoms with Crippen LogP contribution in [0.1, 0.15) is 30.3 Å². The summed E-state index contributed by atoms with van der Waals surface area (Å²) in [4.78, 5) is 14.9. The molecule has 0 radical (unpaired) electrons. The van der Waals surface area contributed by atoms with Crippen LogP contribution in [-0.4, -0.2) is 51.8 Å². The van der Waals surface area contributed by atoms with E-state index in [1.165, 1.54) is 16.5 Å². The van der Waals surface area contributed by atoms with E-state index in [4.69, 9.17) is 14.2 Å². The molecule has 1 aromatic carbocycles. The number of benzene rings is 1. The third-order valence-corrected chi connectivity index (χ3v) is 7.69. The fraction of sp³-hybridized carbons (Fsp3) is 0.375. The van der Waals surface area contributed by atoms with Crippen molar-refractivity contribution in [3.05, 3.63) is 64.3 Å². The number of piperidine rings is 1. The highest BCUT2D eigenvalue weighted by Gasteiger charge is 2.56. The largest absolute Gasteiger partial charge is 0.372 e. The molecule has 0 spiro atoms. The maximum absolute atomic E-state index is 6.44. The molecule has 3 atom stereocenters. The van der Waals surface area contributed by atoms with Crippen LogP contribution in [0, 0.1) is 0 Å². The standard InChI is InChI=1S/C24H24BrN5O2/c1-23(22-28-21(32-29-22)15-7-16(25)11-26-9-15)12-24(31-3)17-5-4-6-18-20(17)14(10-27-18)8-19(24)30(2)13-23/h4-7,9-11,19,27H,8,12-13H2,1-3H3/t19-,23+,24+/m1/s1. The summed E-state index contributed by atoms with van der Waals surface area (Å²) in [6.07, 6.45) is 7.33. The zero-order valence-corrected chi connectivity index (χ0v) is 19.8. The number of aromatic amines is 1. The normalized spacial score (nSPS) is 27.6. The van der Waals surface area contributed by atoms with Crippen molar-refractivity contribution < 1.29 is 9.26 Å². The number of nitrogens with one attached hydrogen (secondary N) is 1. The molecule has 0 amide bonds. The van der Waals surface area contributed by atoms with Crippen LogP contribution in [0.5, 0.6) is 0 Å². The molecule has 4 aromatic rings. The minimum atomic E-state index is -0.464. The van der Waals surface area contributed by atoms with E-state index >= 15 is 0 Å². The molecule has 0 bridgehead atoms. The predicted octanol–water partition coefficient (Wildman–Crippen LogP) is 4.44. The fourth-order valence-corrected chi connectivity index (χ4v) is 6.29. The first-order valence-electron chi connectivity index (χ1n) is 10.7. The van der Waals surface area contributed by atoms with Gasteiger partial charge in [0.1, 0.15) is 5.60 Å². The minimum Gasteiger partial charge on any atom is -0.372 e. The van der Waals surface area contributed by atoms with E-state index in [0.717, 1.165) is 34.9 Å². The van der Waals surface area contributed by atoms with Crippen LogP contribution in [0.25, 0.3) is 22.4 Å². The van der Waals surface area contributed by atoms with Gasteiger partial charge in [0, 0.05) is 59.1 Å². The number of ether oxygens (including phenoxy) is 1. The summed E-state index contributed by atoms with van der Waals surface area (Å²) in [6.45, 7) is 3.02. The molecule has 1 fully saturated rings. The van der Waals surface area contributed by atoms with E-state index in [1.807, 2.05) is 13.2 Å². The van der Waals surface area contributed by atoms with E-state index in [-0.39, 0.29) is 11.5 Å². The van der Waals surface area contributed by atoms with Gasteiger partial charge in [-0.05, 0) is 59.1 Å². The van der Waals surface area contributed by atoms with Crippen LogP contribution in [0.2, 0.25) is 0 Å². The second-order valence-corrected chi connectivity index (χ2v) is 10.2. The Balaban J connectivity index is 1.46. The first-order chi connectivity index (χ1) is 15.4. The molecule has 1 saturated heterocycles. The fourth-order valence-electron chi connectivity index (χ4n) is 5.93. The van der Waals surface area contributed by atoms with Crippen molar-refractivity contribution in [3.63, 3.8) is 0 Å². The highest BCUT2D eigenvalue weighted by molar-refractivity contribution is 9.10. The lowest BCUT2D eigenvalue weighted by Crippen LogP contribution is -2.63. The highest BCUT2D eigenvalue weighted by Crippen LogP contribution is 2.52. The molecule has 6 rings (SSSR count). The SMILES string of the molecule is CO[C@]12C[C@](C)(c3noc(-c4cncc(Br)c4)n3)CN(C)[C@@H]1Cc1c[nH]c3cccc2c13. The summed E-state index contributed by atoms with van der Waals surface area (Å²) in [5.74, 6) is 1.17. The van der Waals surface area contributed by atoms with Crippen LogP contribution >= 0.6 is 15.9 Å². The molecule has 1 aliphatic heterocycles. The molecule has 0 saturated carbocycles. The van der Waals surface area contributed by atoms with Gasteiger partial charge in [-0.2, -0.15) is 4.98 Å². The lowest BCUT2D eigenvalue weighted by Gasteiger charge is -2.55. The average molecular weight is 494 g/mol. The summed E-state index contributed by atoms with van der Waals surface area (Å²) in [6, 6.07) is 8.62. The summed E-state index contributed by atoms with van der Waals surface area (Å²) >= 11 is 3.46. The van der Waals surface area contributed by atoms with Crippen molar-refractivity contribution in [1.29, 1.82) is 0 Å². The van der Waals surface area contributed by atoms with Crippen molar-refractivity contribution in [1.82, 2.24) is 25.0 Å². The van der Waals surface area contributed by atoms with Crippen LogP contribution in [0.4, 0.5) is 0 Å². The summed E-state index contributed by atoms with van der Waals surface area (Å²) in [5.41, 5.74) is 3.74. The molecule has 8 heteroatoms. The number of aromatic nitrogens is 4. The smallest absolute Gasteiger partial charge is 0.259 e. The molecule has 1 aliphatic carbocycles. The number of fused-ring (bicyclic) bond motifs is 2. The van der Waals surface area contributed by atoms with Crippen LogP contribution < -0.4 is 0 Å². The lowest BCUT2D eigenvalue weighted by molar-refractivity contribution is -0.131. The van der Waals surface area contributed by atoms with Crippen molar-refractivity contribution >= 4 is 26.8 Å². The predicted molar refractivity (Wildman–Crippen MR) is 124 cm³/mol. The second-order valence-electron chi connectivity index (χ2n) is 9.32. The number of likely N-dealkylation sites (N-methyl/N-ethyl adjacent to an activating group) is 1. The Labute approximate surface area is 194 Å². The van der Waals surface area contributed by atoms with Crippen molar-refractivity contribution in [2.24, 2.45) is 0 Å². The van der Waals surface area contributed by atoms with E-state index in [0.29, 0.717) is 11.7 Å². The van der Waals surface area contributed by atoms with Gasteiger partial charge in [-0.15, -0.1) is 0 Å². The van der Waals surface area contributed by atoms with Gasteiger partial charge in [0.2, 0.25) is 0 Å². The van der Waals surface area contributed by atoms with Crippen molar-refractivity contribution in [3.8, 4) is 11.5 Å². The molecule has 3 aromatic heterocycles. The van der Waals surface area contributed by atoms with Crippen molar-refractivity contribution in [2.45, 2.75) is 36.8 Å². The van der Waals surface area contributed by atoms with Crippen LogP contribution in [0.3, 0.4) is 0 Å². The first kappa shape index (κ1) is 20.1. The molecule has 164 valence electrons. The third kappa shape index (κ3) is 2.76. The number of hydrogen-bond donors (Lipinski definition) is 1. The Kier molecular flexibility index (Phi) is 4.38. The number of methoxy groups -OCH3 is 1. The molecule has 2 aliphatic rings. The molecule has 4 heterocycles. The number of hydrogen-bond acceptors (Lipinski definition) is 6. The Morgan fingerprint density at radius 2 is 2.19 bits per heavy atom. The number of likely N-dealkylation sites (tertiary alicyclic amines) is 1. The lowest BCUT2D eigenvalue weighted by atomic mass is 9.63. The van der Waals surface area contributed by atoms with Crippen LogP contribution in [0.15, 0.2) is 51.9 Å². The summed E-state index contributed by atoms with van der Waals surface area (Å²) in [5, 5.41) is 5.71. The summed E-state index contributed by atoms with van der Waals surface area (Å²) < 4.78 is 13.0. The number of rotatable bonds is 3. The van der Waals surface area contributed by atoms with Gasteiger partial charge >= 0.3 is 0 Å². The Bertz CT molecular complexity index is 1330. The van der Waals surface area contributed by atoms with Gasteiger partial charge in [-0.25, -0.2) is 0 Å². The summed E-state index contributed by atoms with van der Waals surface area (Å²) in [7, 11) is 4.00. The van der Waals surface area contributed by atoms with Crippen molar-refractivity contribution in [2.75, 3.05) is 20.7 Å². The van der Waals surface area contributed by atoms with Gasteiger partial charge in [0.25, 0.3) is 5.89 Å². The molecule has 0 unspecified atom stereocenters. The third-order valence-electron chi connectivity index (χ3n) is 7.26. The number of pyridine rings is 1. The van der Waals surface area contributed by atoms with Gasteiger partial charge < -0.3 is 14.2 Å². The minimum absolute atomic E-state index is 0.232. The Morgan fingerprint density at radius 3 is 3.00 bits per heavy atom. The monoisotopic (exact) mass is 493 g/mol. The van der Waals surface area contributed by atoms with Gasteiger partial charge in [0.15, 0.2) is 5.82 Å². The van der Waals surface area contributed by atoms with Gasteiger partial charge in [0.05, 0.1) is 5.56 Å². The van der Waals surface area contributed by atoms with Gasteiger partial charge in [-0.3, -0.25) is 9.88 Å². The van der Waals surface area contributed by atoms with E-state index in [1.54, 1.807) is 12.4 Å².